The maximum Gasteiger partial charge on any atom is 0.178 e. The molecule has 0 N–H and O–H groups in total. The summed E-state index contributed by atoms with van der Waals surface area (Å²) in [5.74, 6) is -4.50. The van der Waals surface area contributed by atoms with E-state index in [4.69, 9.17) is 19.3 Å². The summed E-state index contributed by atoms with van der Waals surface area (Å²) in [6.07, 6.45) is 15.8. The molecule has 0 heterocycles. The van der Waals surface area contributed by atoms with Gasteiger partial charge in [-0.15, -0.1) is 56.2 Å². The van der Waals surface area contributed by atoms with Crippen LogP contribution >= 0.6 is 37.0 Å². The highest BCUT2D eigenvalue weighted by Gasteiger charge is 2.45. The highest BCUT2D eigenvalue weighted by Crippen LogP contribution is 2.56. The summed E-state index contributed by atoms with van der Waals surface area (Å²) in [7, 11) is 7.52. The van der Waals surface area contributed by atoms with E-state index in [2.05, 4.69) is 5.92 Å². The molecular weight excluding hydrogens is 707 g/mol. The summed E-state index contributed by atoms with van der Waals surface area (Å²) in [4.78, 5) is 0. The molecule has 0 amide bonds. The predicted octanol–water partition coefficient (Wildman–Crippen LogP) is 5.16. The zero-order valence-electron chi connectivity index (χ0n) is 24.0. The SMILES string of the molecule is C#Cc1c(C)c(F)c(C(C#N)=C2C(=C(C#N)c3c(F)c(P)c(C#C)c(P)c3F)C2=C(C#N)c2c(F)c(F)c(C#C)c(F)c2P)c(P)c1F. The first-order valence-electron chi connectivity index (χ1n) is 12.8. The number of benzene rings is 3. The summed E-state index contributed by atoms with van der Waals surface area (Å²) in [6.45, 7) is 1.11. The molecule has 4 unspecified atom stereocenters. The highest BCUT2D eigenvalue weighted by atomic mass is 31.0. The van der Waals surface area contributed by atoms with Crippen molar-refractivity contribution in [1.29, 1.82) is 15.8 Å². The molecule has 234 valence electrons. The Morgan fingerprint density at radius 3 is 1.19 bits per heavy atom. The lowest BCUT2D eigenvalue weighted by atomic mass is 9.97. The van der Waals surface area contributed by atoms with Gasteiger partial charge in [0.15, 0.2) is 11.6 Å². The molecule has 4 atom stereocenters. The van der Waals surface area contributed by atoms with Crippen LogP contribution in [0.25, 0.3) is 16.7 Å². The Morgan fingerprint density at radius 1 is 0.458 bits per heavy atom. The van der Waals surface area contributed by atoms with E-state index in [0.717, 1.165) is 6.92 Å². The Kier molecular flexibility index (Phi) is 10.1. The van der Waals surface area contributed by atoms with Crippen LogP contribution in [0.15, 0.2) is 16.7 Å². The Hall–Kier alpha value is -4.74. The average molecular weight is 721 g/mol. The van der Waals surface area contributed by atoms with E-state index < -0.39 is 118 Å². The third-order valence-electron chi connectivity index (χ3n) is 7.41. The first kappa shape index (κ1) is 36.1. The number of hydrogen-bond acceptors (Lipinski definition) is 3. The second-order valence-electron chi connectivity index (χ2n) is 9.75. The zero-order chi connectivity index (χ0) is 36.1. The number of halogens is 7. The molecule has 48 heavy (non-hydrogen) atoms. The van der Waals surface area contributed by atoms with Crippen LogP contribution < -0.4 is 21.2 Å². The van der Waals surface area contributed by atoms with Crippen LogP contribution in [-0.2, 0) is 0 Å². The van der Waals surface area contributed by atoms with Crippen molar-refractivity contribution in [1.82, 2.24) is 0 Å². The van der Waals surface area contributed by atoms with Gasteiger partial charge in [0.05, 0.1) is 33.4 Å². The maximum absolute atomic E-state index is 15.9. The van der Waals surface area contributed by atoms with Gasteiger partial charge in [0.2, 0.25) is 0 Å². The number of nitrogens with zero attached hydrogens (tertiary/aromatic N) is 3. The van der Waals surface area contributed by atoms with Crippen molar-refractivity contribution in [2.24, 2.45) is 0 Å². The molecule has 1 fully saturated rings. The molecule has 0 bridgehead atoms. The summed E-state index contributed by atoms with van der Waals surface area (Å²) in [5.41, 5.74) is -9.54. The van der Waals surface area contributed by atoms with E-state index >= 15 is 26.3 Å². The minimum absolute atomic E-state index is 0.243. The van der Waals surface area contributed by atoms with Crippen molar-refractivity contribution < 1.29 is 30.7 Å². The van der Waals surface area contributed by atoms with Crippen LogP contribution in [0.4, 0.5) is 30.7 Å². The minimum Gasteiger partial charge on any atom is -0.206 e. The van der Waals surface area contributed by atoms with Crippen molar-refractivity contribution in [3.63, 3.8) is 0 Å². The highest BCUT2D eigenvalue weighted by molar-refractivity contribution is 7.30. The quantitative estimate of drug-likeness (QED) is 0.124. The molecule has 0 aliphatic heterocycles. The number of allylic oxidation sites excluding steroid dienone is 6. The molecular formula is C34H14F7N3P4. The second kappa shape index (κ2) is 13.4. The Bertz CT molecular complexity index is 2070. The standard InChI is InChI=1S/C34H14F7N3P4/c1-5-12-11(4)24(35)22(33(47)26(12)37)16(9-43)19-18(15(8-42)21-29(40)31(45)14(7-3)32(46)30(21)41)20(19)17(10-44)23-28(39)25(36)13(6-2)27(38)34(23)48/h1-3H,45-48H2,4H3. The lowest BCUT2D eigenvalue weighted by Crippen LogP contribution is -2.21. The third kappa shape index (κ3) is 5.21. The normalized spacial score (nSPS) is 14.9. The van der Waals surface area contributed by atoms with Gasteiger partial charge in [-0.1, -0.05) is 17.8 Å². The van der Waals surface area contributed by atoms with Crippen LogP contribution in [0.2, 0.25) is 0 Å². The van der Waals surface area contributed by atoms with E-state index in [1.165, 1.54) is 0 Å². The first-order valence-corrected chi connectivity index (χ1v) is 15.1. The van der Waals surface area contributed by atoms with Crippen molar-refractivity contribution in [2.75, 3.05) is 0 Å². The van der Waals surface area contributed by atoms with Gasteiger partial charge >= 0.3 is 0 Å². The molecule has 1 saturated carbocycles. The molecule has 4 rings (SSSR count). The fourth-order valence-electron chi connectivity index (χ4n) is 5.04. The van der Waals surface area contributed by atoms with Crippen LogP contribution in [0.1, 0.15) is 38.9 Å². The molecule has 3 nitrogen and oxygen atoms in total. The first-order chi connectivity index (χ1) is 22.6. The second-order valence-corrected chi connectivity index (χ2v) is 12.1. The van der Waals surface area contributed by atoms with Gasteiger partial charge in [-0.3, -0.25) is 0 Å². The molecule has 1 aliphatic carbocycles. The van der Waals surface area contributed by atoms with Gasteiger partial charge in [-0.05, 0) is 6.92 Å². The molecule has 0 aromatic heterocycles. The topological polar surface area (TPSA) is 71.4 Å². The molecule has 0 spiro atoms. The molecule has 3 aromatic carbocycles. The Balaban J connectivity index is 2.38. The van der Waals surface area contributed by atoms with Crippen LogP contribution in [0.3, 0.4) is 0 Å². The Labute approximate surface area is 279 Å². The van der Waals surface area contributed by atoms with Gasteiger partial charge in [-0.2, -0.15) is 15.8 Å². The van der Waals surface area contributed by atoms with Crippen molar-refractivity contribution in [3.05, 3.63) is 96.4 Å². The lowest BCUT2D eigenvalue weighted by Gasteiger charge is -2.13. The predicted molar refractivity (Wildman–Crippen MR) is 183 cm³/mol. The summed E-state index contributed by atoms with van der Waals surface area (Å²) in [6, 6.07) is 4.77. The molecule has 0 radical (unpaired) electrons. The summed E-state index contributed by atoms with van der Waals surface area (Å²) < 4.78 is 108. The zero-order valence-corrected chi connectivity index (χ0v) is 28.6. The minimum atomic E-state index is -1.87. The lowest BCUT2D eigenvalue weighted by molar-refractivity contribution is 0.492. The molecule has 1 aliphatic rings. The van der Waals surface area contributed by atoms with E-state index in [0.29, 0.717) is 0 Å². The summed E-state index contributed by atoms with van der Waals surface area (Å²) in [5, 5.41) is 28.8. The van der Waals surface area contributed by atoms with E-state index in [9.17, 15) is 20.2 Å². The van der Waals surface area contributed by atoms with Gasteiger partial charge in [-0.25, -0.2) is 30.7 Å². The van der Waals surface area contributed by atoms with Crippen molar-refractivity contribution >= 4 is 74.9 Å². The third-order valence-corrected chi connectivity index (χ3v) is 9.58. The fraction of sp³-hybridized carbons (Fsp3) is 0.0294. The monoisotopic (exact) mass is 721 g/mol. The average Bonchev–Trinajstić information content (AvgIpc) is 3.78. The largest absolute Gasteiger partial charge is 0.206 e. The number of nitriles is 3. The van der Waals surface area contributed by atoms with Gasteiger partial charge in [0.1, 0.15) is 47.3 Å². The summed E-state index contributed by atoms with van der Waals surface area (Å²) >= 11 is 0. The van der Waals surface area contributed by atoms with Gasteiger partial charge < -0.3 is 0 Å². The van der Waals surface area contributed by atoms with Crippen LogP contribution in [0.5, 0.6) is 0 Å². The van der Waals surface area contributed by atoms with E-state index in [1.807, 2.05) is 33.6 Å². The molecule has 14 heteroatoms. The molecule has 0 saturated heterocycles. The van der Waals surface area contributed by atoms with Crippen molar-refractivity contribution in [3.8, 4) is 55.2 Å². The fourth-order valence-corrected chi connectivity index (χ4v) is 6.81. The van der Waals surface area contributed by atoms with E-state index in [1.54, 1.807) is 33.4 Å². The van der Waals surface area contributed by atoms with E-state index in [-0.39, 0.29) is 16.2 Å². The molecule has 3 aromatic rings. The number of hydrogen-bond donors (Lipinski definition) is 0. The van der Waals surface area contributed by atoms with Crippen molar-refractivity contribution in [2.45, 2.75) is 6.92 Å². The van der Waals surface area contributed by atoms with Gasteiger partial charge in [0, 0.05) is 60.2 Å². The van der Waals surface area contributed by atoms with Gasteiger partial charge in [0.25, 0.3) is 0 Å². The number of terminal acetylenes is 3. The number of rotatable bonds is 3. The smallest absolute Gasteiger partial charge is 0.178 e. The maximum atomic E-state index is 15.9. The Morgan fingerprint density at radius 2 is 0.812 bits per heavy atom. The van der Waals surface area contributed by atoms with Crippen LogP contribution in [0, 0.1) is 119 Å². The van der Waals surface area contributed by atoms with Crippen LogP contribution in [-0.4, -0.2) is 0 Å².